The summed E-state index contributed by atoms with van der Waals surface area (Å²) in [6.07, 6.45) is 1.25. The third-order valence-electron chi connectivity index (χ3n) is 1.63. The number of carboxylic acid groups (broad SMARTS) is 1. The zero-order valence-corrected chi connectivity index (χ0v) is 6.69. The molecule has 0 bridgehead atoms. The van der Waals surface area contributed by atoms with Gasteiger partial charge in [0.2, 0.25) is 0 Å². The van der Waals surface area contributed by atoms with Crippen molar-refractivity contribution in [3.8, 4) is 0 Å². The van der Waals surface area contributed by atoms with E-state index in [-0.39, 0.29) is 12.2 Å². The summed E-state index contributed by atoms with van der Waals surface area (Å²) in [4.78, 5) is 10.5. The Balaban J connectivity index is 3.13. The Kier molecular flexibility index (Phi) is 2.44. The van der Waals surface area contributed by atoms with E-state index in [9.17, 15) is 4.79 Å². The molecule has 66 valence electrons. The average Bonchev–Trinajstić information content (AvgIpc) is 2.46. The van der Waals surface area contributed by atoms with Crippen molar-refractivity contribution in [1.82, 2.24) is 9.78 Å². The van der Waals surface area contributed by atoms with E-state index in [4.69, 9.17) is 10.2 Å². The maximum absolute atomic E-state index is 10.5. The topological polar surface area (TPSA) is 75.4 Å². The van der Waals surface area contributed by atoms with E-state index in [0.29, 0.717) is 12.2 Å². The van der Waals surface area contributed by atoms with Crippen LogP contribution in [0.4, 0.5) is 0 Å². The summed E-state index contributed by atoms with van der Waals surface area (Å²) >= 11 is 0. The molecule has 0 atom stereocenters. The normalized spacial score (nSPS) is 10.2. The van der Waals surface area contributed by atoms with Gasteiger partial charge in [-0.3, -0.25) is 4.68 Å². The van der Waals surface area contributed by atoms with Gasteiger partial charge in [-0.25, -0.2) is 4.79 Å². The van der Waals surface area contributed by atoms with Gasteiger partial charge in [0, 0.05) is 6.54 Å². The first-order valence-corrected chi connectivity index (χ1v) is 3.59. The lowest BCUT2D eigenvalue weighted by atomic mass is 10.2. The highest BCUT2D eigenvalue weighted by Gasteiger charge is 2.14. The van der Waals surface area contributed by atoms with Crippen molar-refractivity contribution in [2.45, 2.75) is 20.1 Å². The van der Waals surface area contributed by atoms with E-state index in [1.807, 2.05) is 6.92 Å². The average molecular weight is 170 g/mol. The van der Waals surface area contributed by atoms with E-state index < -0.39 is 5.97 Å². The van der Waals surface area contributed by atoms with Crippen LogP contribution in [0, 0.1) is 0 Å². The molecule has 1 rings (SSSR count). The Morgan fingerprint density at radius 2 is 2.42 bits per heavy atom. The van der Waals surface area contributed by atoms with Crippen molar-refractivity contribution in [2.75, 3.05) is 0 Å². The predicted molar refractivity (Wildman–Crippen MR) is 40.8 cm³/mol. The zero-order chi connectivity index (χ0) is 9.14. The van der Waals surface area contributed by atoms with Crippen LogP contribution in [0.2, 0.25) is 0 Å². The molecule has 0 amide bonds. The van der Waals surface area contributed by atoms with Gasteiger partial charge in [0.1, 0.15) is 5.56 Å². The number of aromatic nitrogens is 2. The van der Waals surface area contributed by atoms with Crippen molar-refractivity contribution >= 4 is 5.97 Å². The van der Waals surface area contributed by atoms with Gasteiger partial charge in [0.15, 0.2) is 0 Å². The van der Waals surface area contributed by atoms with Crippen molar-refractivity contribution in [1.29, 1.82) is 0 Å². The second kappa shape index (κ2) is 3.36. The molecule has 12 heavy (non-hydrogen) atoms. The Labute approximate surface area is 69.2 Å². The number of aliphatic hydroxyl groups is 1. The summed E-state index contributed by atoms with van der Waals surface area (Å²) in [5.41, 5.74) is 0.421. The Morgan fingerprint density at radius 3 is 2.83 bits per heavy atom. The molecule has 2 N–H and O–H groups in total. The summed E-state index contributed by atoms with van der Waals surface area (Å²) < 4.78 is 1.46. The smallest absolute Gasteiger partial charge is 0.339 e. The molecule has 0 aromatic carbocycles. The molecule has 0 radical (unpaired) electrons. The molecule has 0 aliphatic rings. The van der Waals surface area contributed by atoms with Crippen molar-refractivity contribution in [3.05, 3.63) is 17.5 Å². The molecular formula is C7H10N2O3. The fourth-order valence-electron chi connectivity index (χ4n) is 1.03. The van der Waals surface area contributed by atoms with E-state index in [0.717, 1.165) is 0 Å². The van der Waals surface area contributed by atoms with Gasteiger partial charge in [-0.15, -0.1) is 0 Å². The maximum Gasteiger partial charge on any atom is 0.339 e. The molecule has 0 aliphatic carbocycles. The van der Waals surface area contributed by atoms with Crippen LogP contribution in [0.3, 0.4) is 0 Å². The summed E-state index contributed by atoms with van der Waals surface area (Å²) in [6, 6.07) is 0. The Bertz CT molecular complexity index is 293. The molecule has 1 aromatic heterocycles. The lowest BCUT2D eigenvalue weighted by Gasteiger charge is -2.00. The van der Waals surface area contributed by atoms with Gasteiger partial charge in [-0.1, -0.05) is 0 Å². The fourth-order valence-corrected chi connectivity index (χ4v) is 1.03. The summed E-state index contributed by atoms with van der Waals surface area (Å²) in [7, 11) is 0. The number of hydrogen-bond donors (Lipinski definition) is 2. The second-order valence-electron chi connectivity index (χ2n) is 2.28. The molecule has 5 heteroatoms. The number of carboxylic acids is 1. The minimum Gasteiger partial charge on any atom is -0.478 e. The van der Waals surface area contributed by atoms with Crippen LogP contribution in [0.15, 0.2) is 6.20 Å². The molecular weight excluding hydrogens is 160 g/mol. The van der Waals surface area contributed by atoms with Crippen molar-refractivity contribution in [2.24, 2.45) is 0 Å². The monoisotopic (exact) mass is 170 g/mol. The van der Waals surface area contributed by atoms with Crippen molar-refractivity contribution in [3.63, 3.8) is 0 Å². The van der Waals surface area contributed by atoms with Gasteiger partial charge in [0.05, 0.1) is 18.5 Å². The highest BCUT2D eigenvalue weighted by Crippen LogP contribution is 2.07. The lowest BCUT2D eigenvalue weighted by Crippen LogP contribution is -2.06. The number of aromatic carboxylic acids is 1. The van der Waals surface area contributed by atoms with Crippen LogP contribution in [0.1, 0.15) is 23.0 Å². The second-order valence-corrected chi connectivity index (χ2v) is 2.28. The largest absolute Gasteiger partial charge is 0.478 e. The quantitative estimate of drug-likeness (QED) is 0.674. The van der Waals surface area contributed by atoms with Gasteiger partial charge < -0.3 is 10.2 Å². The molecule has 0 aliphatic heterocycles. The highest BCUT2D eigenvalue weighted by atomic mass is 16.4. The predicted octanol–water partition coefficient (Wildman–Crippen LogP) is 0.0935. The van der Waals surface area contributed by atoms with E-state index in [1.165, 1.54) is 10.9 Å². The van der Waals surface area contributed by atoms with Crippen LogP contribution in [-0.4, -0.2) is 26.0 Å². The standard InChI is InChI=1S/C7H10N2O3/c1-2-9-6(4-10)5(3-8-9)7(11)12/h3,10H,2,4H2,1H3,(H,11,12). The number of carbonyl (C=O) groups is 1. The van der Waals surface area contributed by atoms with Crippen LogP contribution < -0.4 is 0 Å². The van der Waals surface area contributed by atoms with Crippen molar-refractivity contribution < 1.29 is 15.0 Å². The van der Waals surface area contributed by atoms with E-state index >= 15 is 0 Å². The van der Waals surface area contributed by atoms with Gasteiger partial charge in [-0.2, -0.15) is 5.10 Å². The first kappa shape index (κ1) is 8.73. The molecule has 0 fully saturated rings. The first-order chi connectivity index (χ1) is 5.70. The van der Waals surface area contributed by atoms with Crippen LogP contribution in [-0.2, 0) is 13.2 Å². The number of aliphatic hydroxyl groups excluding tert-OH is 1. The molecule has 5 nitrogen and oxygen atoms in total. The maximum atomic E-state index is 10.5. The van der Waals surface area contributed by atoms with E-state index in [2.05, 4.69) is 5.10 Å². The fraction of sp³-hybridized carbons (Fsp3) is 0.429. The molecule has 1 aromatic rings. The summed E-state index contributed by atoms with van der Waals surface area (Å²) in [6.45, 7) is 2.09. The third-order valence-corrected chi connectivity index (χ3v) is 1.63. The number of aryl methyl sites for hydroxylation is 1. The SMILES string of the molecule is CCn1ncc(C(=O)O)c1CO. The third kappa shape index (κ3) is 1.31. The lowest BCUT2D eigenvalue weighted by molar-refractivity contribution is 0.0693. The zero-order valence-electron chi connectivity index (χ0n) is 6.69. The van der Waals surface area contributed by atoms with Gasteiger partial charge in [-0.05, 0) is 6.92 Å². The molecule has 0 saturated carbocycles. The molecule has 0 spiro atoms. The number of hydrogen-bond acceptors (Lipinski definition) is 3. The van der Waals surface area contributed by atoms with Crippen LogP contribution >= 0.6 is 0 Å². The highest BCUT2D eigenvalue weighted by molar-refractivity contribution is 5.88. The van der Waals surface area contributed by atoms with Crippen LogP contribution in [0.25, 0.3) is 0 Å². The van der Waals surface area contributed by atoms with Gasteiger partial charge in [0.25, 0.3) is 0 Å². The molecule has 0 saturated heterocycles. The first-order valence-electron chi connectivity index (χ1n) is 3.59. The number of rotatable bonds is 3. The van der Waals surface area contributed by atoms with Crippen LogP contribution in [0.5, 0.6) is 0 Å². The minimum absolute atomic E-state index is 0.0688. The molecule has 0 unspecified atom stereocenters. The van der Waals surface area contributed by atoms with E-state index in [1.54, 1.807) is 0 Å². The number of nitrogens with zero attached hydrogens (tertiary/aromatic N) is 2. The Hall–Kier alpha value is -1.36. The summed E-state index contributed by atoms with van der Waals surface area (Å²) in [5, 5.41) is 21.3. The van der Waals surface area contributed by atoms with Gasteiger partial charge >= 0.3 is 5.97 Å². The molecule has 1 heterocycles. The Morgan fingerprint density at radius 1 is 1.75 bits per heavy atom. The minimum atomic E-state index is -1.06. The summed E-state index contributed by atoms with van der Waals surface area (Å²) in [5.74, 6) is -1.06.